The first-order valence-corrected chi connectivity index (χ1v) is 10.0. The average Bonchev–Trinajstić information content (AvgIpc) is 3.13. The number of anilines is 2. The third-order valence-electron chi connectivity index (χ3n) is 5.83. The van der Waals surface area contributed by atoms with E-state index in [-0.39, 0.29) is 11.7 Å². The van der Waals surface area contributed by atoms with Crippen molar-refractivity contribution in [1.29, 1.82) is 0 Å². The zero-order valence-electron chi connectivity index (χ0n) is 18.4. The molecule has 0 saturated heterocycles. The fourth-order valence-electron chi connectivity index (χ4n) is 4.23. The van der Waals surface area contributed by atoms with Crippen LogP contribution in [0.25, 0.3) is 11.1 Å². The smallest absolute Gasteiger partial charge is 0.270 e. The van der Waals surface area contributed by atoms with Gasteiger partial charge in [0.15, 0.2) is 0 Å². The summed E-state index contributed by atoms with van der Waals surface area (Å²) >= 11 is 0. The van der Waals surface area contributed by atoms with Crippen molar-refractivity contribution in [2.75, 3.05) is 24.5 Å². The summed E-state index contributed by atoms with van der Waals surface area (Å²) < 4.78 is 11.0. The Bertz CT molecular complexity index is 1120. The summed E-state index contributed by atoms with van der Waals surface area (Å²) in [5.74, 6) is 1.28. The van der Waals surface area contributed by atoms with Crippen LogP contribution in [0.4, 0.5) is 11.4 Å². The number of phenols is 1. The van der Waals surface area contributed by atoms with Gasteiger partial charge >= 0.3 is 0 Å². The van der Waals surface area contributed by atoms with Crippen LogP contribution in [-0.2, 0) is 16.1 Å². The number of phenolic OH excluding ortho intramolecular Hbond substituents is 1. The van der Waals surface area contributed by atoms with Gasteiger partial charge in [-0.05, 0) is 50.6 Å². The Hall–Kier alpha value is -3.61. The van der Waals surface area contributed by atoms with E-state index in [0.717, 1.165) is 33.8 Å². The van der Waals surface area contributed by atoms with E-state index in [2.05, 4.69) is 11.9 Å². The highest BCUT2D eigenvalue weighted by Gasteiger charge is 2.47. The first-order chi connectivity index (χ1) is 14.7. The number of methoxy groups -OCH3 is 2. The van der Waals surface area contributed by atoms with E-state index >= 15 is 0 Å². The number of hydrogen-bond donors (Lipinski definition) is 2. The van der Waals surface area contributed by atoms with E-state index < -0.39 is 5.54 Å². The average molecular weight is 421 g/mol. The maximum atomic E-state index is 13.5. The molecule has 0 aromatic heterocycles. The number of hydrazine groups is 1. The van der Waals surface area contributed by atoms with Crippen molar-refractivity contribution in [1.82, 2.24) is 5.01 Å². The molecule has 162 valence electrons. The fraction of sp³-hybridized carbons (Fsp3) is 0.292. The number of carbonyl (C=O) groups excluding carboxylic acids is 1. The number of rotatable bonds is 5. The summed E-state index contributed by atoms with van der Waals surface area (Å²) in [5, 5.41) is 16.9. The predicted octanol–water partition coefficient (Wildman–Crippen LogP) is 4.40. The molecule has 0 spiro atoms. The Morgan fingerprint density at radius 1 is 1.23 bits per heavy atom. The first kappa shape index (κ1) is 20.7. The second kappa shape index (κ2) is 7.27. The van der Waals surface area contributed by atoms with Gasteiger partial charge in [0, 0.05) is 17.2 Å². The highest BCUT2D eigenvalue weighted by molar-refractivity contribution is 6.09. The van der Waals surface area contributed by atoms with Gasteiger partial charge in [-0.2, -0.15) is 0 Å². The SMILES string of the molecule is C=C/C(=C(\C)OC)N1Cc2c(-c3ccc(O)cc3OC)ccc3c2N1C(=O)C(C)(C)N3. The van der Waals surface area contributed by atoms with Gasteiger partial charge in [0.05, 0.1) is 37.8 Å². The molecule has 7 nitrogen and oxygen atoms in total. The maximum Gasteiger partial charge on any atom is 0.270 e. The van der Waals surface area contributed by atoms with Gasteiger partial charge in [-0.25, -0.2) is 5.01 Å². The Kier molecular flexibility index (Phi) is 4.84. The molecule has 7 heteroatoms. The summed E-state index contributed by atoms with van der Waals surface area (Å²) in [6.07, 6.45) is 1.70. The van der Waals surface area contributed by atoms with Crippen molar-refractivity contribution in [2.24, 2.45) is 0 Å². The van der Waals surface area contributed by atoms with Crippen LogP contribution in [0.3, 0.4) is 0 Å². The molecule has 2 aliphatic heterocycles. The summed E-state index contributed by atoms with van der Waals surface area (Å²) in [4.78, 5) is 13.5. The molecule has 0 fully saturated rings. The monoisotopic (exact) mass is 421 g/mol. The Labute approximate surface area is 182 Å². The summed E-state index contributed by atoms with van der Waals surface area (Å²) in [6, 6.07) is 9.04. The molecule has 2 N–H and O–H groups in total. The van der Waals surface area contributed by atoms with Crippen LogP contribution in [0.2, 0.25) is 0 Å². The molecule has 0 radical (unpaired) electrons. The van der Waals surface area contributed by atoms with Gasteiger partial charge in [-0.3, -0.25) is 9.80 Å². The van der Waals surface area contributed by atoms with Gasteiger partial charge in [0.25, 0.3) is 5.91 Å². The largest absolute Gasteiger partial charge is 0.508 e. The molecule has 2 heterocycles. The molecule has 4 rings (SSSR count). The van der Waals surface area contributed by atoms with Crippen LogP contribution >= 0.6 is 0 Å². The first-order valence-electron chi connectivity index (χ1n) is 10.0. The number of hydrogen-bond acceptors (Lipinski definition) is 6. The Morgan fingerprint density at radius 2 is 1.94 bits per heavy atom. The van der Waals surface area contributed by atoms with E-state index in [1.165, 1.54) is 0 Å². The minimum Gasteiger partial charge on any atom is -0.508 e. The predicted molar refractivity (Wildman–Crippen MR) is 121 cm³/mol. The van der Waals surface area contributed by atoms with Crippen LogP contribution in [0, 0.1) is 0 Å². The number of aromatic hydroxyl groups is 1. The van der Waals surface area contributed by atoms with Gasteiger partial charge in [0.1, 0.15) is 22.8 Å². The molecule has 0 aliphatic carbocycles. The standard InChI is InChI=1S/C24H27N3O4/c1-7-20(14(2)30-5)26-13-18-16(17-9-8-15(28)12-21(17)31-6)10-11-19-22(18)27(26)23(29)24(3,4)25-19/h7-12,25,28H,1,13H2,2-6H3/b20-14-. The van der Waals surface area contributed by atoms with Crippen LogP contribution in [0.1, 0.15) is 26.3 Å². The fourth-order valence-corrected chi connectivity index (χ4v) is 4.23. The number of benzene rings is 2. The van der Waals surface area contributed by atoms with Crippen molar-refractivity contribution in [3.8, 4) is 22.6 Å². The van der Waals surface area contributed by atoms with E-state index in [1.54, 1.807) is 37.4 Å². The van der Waals surface area contributed by atoms with Crippen molar-refractivity contribution in [3.63, 3.8) is 0 Å². The molecule has 0 atom stereocenters. The van der Waals surface area contributed by atoms with Crippen molar-refractivity contribution >= 4 is 17.3 Å². The Balaban J connectivity index is 1.98. The summed E-state index contributed by atoms with van der Waals surface area (Å²) in [6.45, 7) is 9.98. The molecule has 31 heavy (non-hydrogen) atoms. The quantitative estimate of drug-likeness (QED) is 0.551. The summed E-state index contributed by atoms with van der Waals surface area (Å²) in [5.41, 5.74) is 4.36. The maximum absolute atomic E-state index is 13.5. The zero-order valence-corrected chi connectivity index (χ0v) is 18.4. The van der Waals surface area contributed by atoms with Gasteiger partial charge in [-0.1, -0.05) is 12.6 Å². The molecule has 0 saturated carbocycles. The van der Waals surface area contributed by atoms with Crippen molar-refractivity contribution in [2.45, 2.75) is 32.9 Å². The highest BCUT2D eigenvalue weighted by Crippen LogP contribution is 2.50. The van der Waals surface area contributed by atoms with Crippen molar-refractivity contribution < 1.29 is 19.4 Å². The molecule has 2 aromatic rings. The minimum atomic E-state index is -0.780. The number of allylic oxidation sites excluding steroid dienone is 2. The van der Waals surface area contributed by atoms with Crippen LogP contribution < -0.4 is 15.1 Å². The normalized spacial score (nSPS) is 17.0. The van der Waals surface area contributed by atoms with E-state index in [9.17, 15) is 9.90 Å². The highest BCUT2D eigenvalue weighted by atomic mass is 16.5. The number of nitrogens with zero attached hydrogens (tertiary/aromatic N) is 2. The van der Waals surface area contributed by atoms with E-state index in [1.807, 2.05) is 44.0 Å². The van der Waals surface area contributed by atoms with Crippen LogP contribution in [0.15, 0.2) is 54.4 Å². The molecule has 0 unspecified atom stereocenters. The van der Waals surface area contributed by atoms with Crippen LogP contribution in [-0.4, -0.2) is 35.8 Å². The number of amides is 1. The lowest BCUT2D eigenvalue weighted by atomic mass is 9.93. The lowest BCUT2D eigenvalue weighted by Crippen LogP contribution is -2.57. The third kappa shape index (κ3) is 3.08. The molecule has 2 aliphatic rings. The van der Waals surface area contributed by atoms with E-state index in [0.29, 0.717) is 18.1 Å². The molecule has 1 amide bonds. The van der Waals surface area contributed by atoms with Gasteiger partial charge in [-0.15, -0.1) is 0 Å². The Morgan fingerprint density at radius 3 is 2.58 bits per heavy atom. The minimum absolute atomic E-state index is 0.0724. The molecule has 0 bridgehead atoms. The van der Waals surface area contributed by atoms with Gasteiger partial charge in [0.2, 0.25) is 0 Å². The molecular weight excluding hydrogens is 394 g/mol. The van der Waals surface area contributed by atoms with Crippen LogP contribution in [0.5, 0.6) is 11.5 Å². The van der Waals surface area contributed by atoms with E-state index in [4.69, 9.17) is 9.47 Å². The number of ether oxygens (including phenoxy) is 2. The van der Waals surface area contributed by atoms with Gasteiger partial charge < -0.3 is 19.9 Å². The lowest BCUT2D eigenvalue weighted by Gasteiger charge is -2.42. The lowest BCUT2D eigenvalue weighted by molar-refractivity contribution is -0.124. The molecule has 2 aromatic carbocycles. The third-order valence-corrected chi connectivity index (χ3v) is 5.83. The zero-order chi connectivity index (χ0) is 22.5. The number of nitrogens with one attached hydrogen (secondary N) is 1. The number of carbonyl (C=O) groups is 1. The second-order valence-corrected chi connectivity index (χ2v) is 8.15. The van der Waals surface area contributed by atoms with Crippen molar-refractivity contribution in [3.05, 3.63) is 60.0 Å². The summed E-state index contributed by atoms with van der Waals surface area (Å²) in [7, 11) is 3.17. The molecular formula is C24H27N3O4. The topological polar surface area (TPSA) is 74.3 Å². The second-order valence-electron chi connectivity index (χ2n) is 8.15.